The number of nitrogens with zero attached hydrogens (tertiary/aromatic N) is 6. The summed E-state index contributed by atoms with van der Waals surface area (Å²) in [5, 5.41) is 21.4. The molecule has 11 heteroatoms. The number of phenols is 1. The number of aryl methyl sites for hydroxylation is 1. The number of piperazine rings is 1. The third kappa shape index (κ3) is 3.81. The summed E-state index contributed by atoms with van der Waals surface area (Å²) in [6, 6.07) is 10.0. The molecule has 2 fully saturated rings. The average Bonchev–Trinajstić information content (AvgIpc) is 3.49. The van der Waals surface area contributed by atoms with Crippen molar-refractivity contribution in [3.63, 3.8) is 0 Å². The SMILES string of the molecule is Cc1cnn(C(C)C)c1-n1c2c3c(nc1=O)N1CC4CCC(N4)C1COC3CN(c1cc(O)cc3cccc(Cl)c13)C2. The number of ether oxygens (including phenoxy) is 1. The van der Waals surface area contributed by atoms with E-state index in [1.54, 1.807) is 22.9 Å². The topological polar surface area (TPSA) is 101 Å². The number of halogens is 1. The molecule has 4 aliphatic rings. The Bertz CT molecular complexity index is 1800. The van der Waals surface area contributed by atoms with Crippen LogP contribution in [0.2, 0.25) is 5.02 Å². The maximum atomic E-state index is 14.2. The van der Waals surface area contributed by atoms with Crippen molar-refractivity contribution < 1.29 is 9.84 Å². The first-order valence-electron chi connectivity index (χ1n) is 14.8. The molecule has 4 unspecified atom stereocenters. The van der Waals surface area contributed by atoms with Crippen LogP contribution in [0.15, 0.2) is 41.3 Å². The molecule has 2 aromatic carbocycles. The Kier molecular flexibility index (Phi) is 5.87. The molecule has 2 N–H and O–H groups in total. The standard InChI is InChI=1S/C31H34ClN7O3/c1-16(2)39-30(17(3)11-33-39)38-24-13-36(23-10-20(40)9-18-5-4-6-21(32)27(18)23)14-26-28(24)29(35-31(38)41)37-12-19-7-8-22(34-19)25(37)15-42-26/h4-6,9-11,16,19,22,25-26,34,40H,7-8,12-15H2,1-3H3. The van der Waals surface area contributed by atoms with Crippen LogP contribution < -0.4 is 20.8 Å². The highest BCUT2D eigenvalue weighted by Gasteiger charge is 2.46. The summed E-state index contributed by atoms with van der Waals surface area (Å²) in [5.74, 6) is 1.64. The number of fused-ring (bicyclic) bond motifs is 6. The van der Waals surface area contributed by atoms with Crippen molar-refractivity contribution in [3.05, 3.63) is 68.9 Å². The first kappa shape index (κ1) is 26.1. The minimum atomic E-state index is -0.331. The van der Waals surface area contributed by atoms with Crippen molar-refractivity contribution in [3.8, 4) is 11.6 Å². The maximum Gasteiger partial charge on any atom is 0.355 e. The van der Waals surface area contributed by atoms with E-state index in [1.807, 2.05) is 29.8 Å². The number of anilines is 2. The molecule has 4 aliphatic heterocycles. The third-order valence-electron chi connectivity index (χ3n) is 9.44. The fraction of sp³-hybridized carbons (Fsp3) is 0.452. The lowest BCUT2D eigenvalue weighted by molar-refractivity contribution is 0.0413. The summed E-state index contributed by atoms with van der Waals surface area (Å²) in [7, 11) is 0. The van der Waals surface area contributed by atoms with Gasteiger partial charge in [0.25, 0.3) is 0 Å². The molecule has 8 rings (SSSR count). The lowest BCUT2D eigenvalue weighted by Gasteiger charge is -2.41. The zero-order valence-corrected chi connectivity index (χ0v) is 24.7. The van der Waals surface area contributed by atoms with E-state index in [1.165, 1.54) is 0 Å². The summed E-state index contributed by atoms with van der Waals surface area (Å²) in [6.07, 6.45) is 3.68. The van der Waals surface area contributed by atoms with Crippen molar-refractivity contribution in [2.45, 2.75) is 70.4 Å². The second kappa shape index (κ2) is 9.45. The Labute approximate surface area is 248 Å². The first-order valence-corrected chi connectivity index (χ1v) is 15.2. The number of benzene rings is 2. The van der Waals surface area contributed by atoms with E-state index in [-0.39, 0.29) is 29.6 Å². The predicted molar refractivity (Wildman–Crippen MR) is 162 cm³/mol. The summed E-state index contributed by atoms with van der Waals surface area (Å²) >= 11 is 6.77. The van der Waals surface area contributed by atoms with Gasteiger partial charge in [-0.15, -0.1) is 0 Å². The number of phenolic OH excluding ortho intramolecular Hbond substituents is 1. The Balaban J connectivity index is 1.38. The number of nitrogens with one attached hydrogen (secondary N) is 1. The minimum absolute atomic E-state index is 0.0420. The molecule has 0 radical (unpaired) electrons. The van der Waals surface area contributed by atoms with Gasteiger partial charge in [-0.3, -0.25) is 0 Å². The highest BCUT2D eigenvalue weighted by Crippen LogP contribution is 2.45. The van der Waals surface area contributed by atoms with Crippen LogP contribution in [0.25, 0.3) is 16.6 Å². The summed E-state index contributed by atoms with van der Waals surface area (Å²) in [5.41, 5.74) is 3.19. The van der Waals surface area contributed by atoms with E-state index < -0.39 is 0 Å². The summed E-state index contributed by atoms with van der Waals surface area (Å²) in [6.45, 7) is 8.39. The molecule has 0 aliphatic carbocycles. The quantitative estimate of drug-likeness (QED) is 0.367. The molecule has 4 aromatic rings. The van der Waals surface area contributed by atoms with Crippen LogP contribution in [-0.2, 0) is 11.3 Å². The summed E-state index contributed by atoms with van der Waals surface area (Å²) < 4.78 is 10.4. The Morgan fingerprint density at radius 1 is 1.19 bits per heavy atom. The highest BCUT2D eigenvalue weighted by atomic mass is 35.5. The second-order valence-corrected chi connectivity index (χ2v) is 12.8. The zero-order chi connectivity index (χ0) is 28.9. The molecule has 0 amide bonds. The van der Waals surface area contributed by atoms with Gasteiger partial charge in [-0.05, 0) is 51.1 Å². The van der Waals surface area contributed by atoms with Gasteiger partial charge < -0.3 is 25.0 Å². The van der Waals surface area contributed by atoms with E-state index >= 15 is 0 Å². The van der Waals surface area contributed by atoms with Crippen LogP contribution in [-0.4, -0.2) is 62.3 Å². The molecule has 6 heterocycles. The minimum Gasteiger partial charge on any atom is -0.508 e. The van der Waals surface area contributed by atoms with Crippen LogP contribution in [0.5, 0.6) is 5.75 Å². The number of rotatable bonds is 3. The monoisotopic (exact) mass is 587 g/mol. The molecule has 10 nitrogen and oxygen atoms in total. The fourth-order valence-corrected chi connectivity index (χ4v) is 7.87. The lowest BCUT2D eigenvalue weighted by Crippen LogP contribution is -2.59. The number of aromatic nitrogens is 4. The molecule has 4 atom stereocenters. The fourth-order valence-electron chi connectivity index (χ4n) is 7.59. The van der Waals surface area contributed by atoms with Crippen molar-refractivity contribution in [1.82, 2.24) is 24.6 Å². The lowest BCUT2D eigenvalue weighted by atomic mass is 9.98. The molecule has 2 aromatic heterocycles. The predicted octanol–water partition coefficient (Wildman–Crippen LogP) is 4.23. The van der Waals surface area contributed by atoms with E-state index in [4.69, 9.17) is 21.3 Å². The van der Waals surface area contributed by atoms with Gasteiger partial charge in [-0.1, -0.05) is 23.7 Å². The summed E-state index contributed by atoms with van der Waals surface area (Å²) in [4.78, 5) is 23.6. The molecule has 42 heavy (non-hydrogen) atoms. The van der Waals surface area contributed by atoms with Crippen LogP contribution in [0, 0.1) is 6.92 Å². The first-order chi connectivity index (χ1) is 20.3. The van der Waals surface area contributed by atoms with Gasteiger partial charge in [0, 0.05) is 53.8 Å². The second-order valence-electron chi connectivity index (χ2n) is 12.4. The van der Waals surface area contributed by atoms with Crippen LogP contribution in [0.3, 0.4) is 0 Å². The molecule has 218 valence electrons. The largest absolute Gasteiger partial charge is 0.508 e. The van der Waals surface area contributed by atoms with Gasteiger partial charge in [-0.25, -0.2) is 14.0 Å². The van der Waals surface area contributed by atoms with Crippen LogP contribution >= 0.6 is 11.6 Å². The van der Waals surface area contributed by atoms with Crippen LogP contribution in [0.1, 0.15) is 55.7 Å². The number of aromatic hydroxyl groups is 1. The highest BCUT2D eigenvalue weighted by molar-refractivity contribution is 6.36. The van der Waals surface area contributed by atoms with Gasteiger partial charge >= 0.3 is 5.69 Å². The number of hydrogen-bond acceptors (Lipinski definition) is 8. The van der Waals surface area contributed by atoms with Gasteiger partial charge in [-0.2, -0.15) is 10.1 Å². The van der Waals surface area contributed by atoms with Gasteiger partial charge in [0.1, 0.15) is 23.5 Å². The molecular weight excluding hydrogens is 554 g/mol. The van der Waals surface area contributed by atoms with Gasteiger partial charge in [0.15, 0.2) is 0 Å². The number of hydrogen-bond donors (Lipinski definition) is 2. The van der Waals surface area contributed by atoms with Crippen molar-refractivity contribution in [2.75, 3.05) is 29.5 Å². The normalized spacial score (nSPS) is 24.7. The van der Waals surface area contributed by atoms with E-state index in [9.17, 15) is 9.90 Å². The Hall–Kier alpha value is -3.60. The molecule has 0 spiro atoms. The maximum absolute atomic E-state index is 14.2. The smallest absolute Gasteiger partial charge is 0.355 e. The molecule has 2 saturated heterocycles. The van der Waals surface area contributed by atoms with E-state index in [0.717, 1.165) is 64.3 Å². The van der Waals surface area contributed by atoms with Gasteiger partial charge in [0.05, 0.1) is 41.8 Å². The van der Waals surface area contributed by atoms with Crippen molar-refractivity contribution in [2.24, 2.45) is 0 Å². The zero-order valence-electron chi connectivity index (χ0n) is 23.9. The molecule has 0 saturated carbocycles. The van der Waals surface area contributed by atoms with E-state index in [0.29, 0.717) is 36.8 Å². The molecule has 2 bridgehead atoms. The Morgan fingerprint density at radius 2 is 2.05 bits per heavy atom. The van der Waals surface area contributed by atoms with Gasteiger partial charge in [0.2, 0.25) is 0 Å². The third-order valence-corrected chi connectivity index (χ3v) is 9.75. The Morgan fingerprint density at radius 3 is 2.88 bits per heavy atom. The average molecular weight is 588 g/mol. The van der Waals surface area contributed by atoms with Crippen molar-refractivity contribution >= 4 is 33.9 Å². The van der Waals surface area contributed by atoms with Crippen molar-refractivity contribution in [1.29, 1.82) is 0 Å². The van der Waals surface area contributed by atoms with E-state index in [2.05, 4.69) is 34.1 Å². The molecular formula is C31H34ClN7O3. The van der Waals surface area contributed by atoms with Crippen LogP contribution in [0.4, 0.5) is 11.5 Å².